The van der Waals surface area contributed by atoms with Gasteiger partial charge in [-0.25, -0.2) is 10.1 Å². The van der Waals surface area contributed by atoms with Crippen LogP contribution in [-0.4, -0.2) is 28.0 Å². The summed E-state index contributed by atoms with van der Waals surface area (Å²) in [5.41, 5.74) is 7.02. The molecule has 0 aliphatic rings. The van der Waals surface area contributed by atoms with Crippen LogP contribution in [-0.2, 0) is 11.4 Å². The quantitative estimate of drug-likeness (QED) is 0.112. The number of para-hydroxylation sites is 1. The van der Waals surface area contributed by atoms with Crippen LogP contribution in [0.25, 0.3) is 27.7 Å². The standard InChI is InChI=1S/C37H31BrN4O3/c1-2-33(45-34-22-19-27-13-9-10-16-32(27)35(34)38)37(43)40-39-23-29-24-42(30-14-7-4-8-15-30)41-36(29)28-17-20-31(21-18-28)44-25-26-11-5-3-6-12-26/h3-24,33H,2,25H2,1H3,(H,40,43)/b39-23-/t33-/m0/s1. The first-order valence-electron chi connectivity index (χ1n) is 14.7. The third-order valence-electron chi connectivity index (χ3n) is 7.28. The largest absolute Gasteiger partial charge is 0.489 e. The number of aromatic nitrogens is 2. The van der Waals surface area contributed by atoms with E-state index < -0.39 is 6.10 Å². The van der Waals surface area contributed by atoms with Crippen LogP contribution in [0.4, 0.5) is 0 Å². The number of hydrogen-bond donors (Lipinski definition) is 1. The Labute approximate surface area is 270 Å². The lowest BCUT2D eigenvalue weighted by atomic mass is 10.1. The van der Waals surface area contributed by atoms with Gasteiger partial charge in [-0.05, 0) is 81.2 Å². The highest BCUT2D eigenvalue weighted by atomic mass is 79.9. The third-order valence-corrected chi connectivity index (χ3v) is 8.10. The molecule has 0 saturated carbocycles. The average Bonchev–Trinajstić information content (AvgIpc) is 3.52. The first kappa shape index (κ1) is 29.8. The summed E-state index contributed by atoms with van der Waals surface area (Å²) in [6.45, 7) is 2.39. The zero-order valence-corrected chi connectivity index (χ0v) is 26.2. The second-order valence-electron chi connectivity index (χ2n) is 10.4. The van der Waals surface area contributed by atoms with Crippen LogP contribution in [0.5, 0.6) is 11.5 Å². The van der Waals surface area contributed by atoms with E-state index in [0.717, 1.165) is 49.1 Å². The van der Waals surface area contributed by atoms with Gasteiger partial charge in [-0.2, -0.15) is 10.2 Å². The molecule has 0 spiro atoms. The van der Waals surface area contributed by atoms with Crippen molar-refractivity contribution in [1.29, 1.82) is 0 Å². The van der Waals surface area contributed by atoms with Crippen LogP contribution in [0.2, 0.25) is 0 Å². The summed E-state index contributed by atoms with van der Waals surface area (Å²) in [6.07, 6.45) is 3.24. The zero-order valence-electron chi connectivity index (χ0n) is 24.6. The number of ether oxygens (including phenoxy) is 2. The van der Waals surface area contributed by atoms with Crippen molar-refractivity contribution < 1.29 is 14.3 Å². The summed E-state index contributed by atoms with van der Waals surface area (Å²) < 4.78 is 14.7. The molecule has 7 nitrogen and oxygen atoms in total. The summed E-state index contributed by atoms with van der Waals surface area (Å²) in [5.74, 6) is 1.02. The molecule has 6 aromatic rings. The predicted molar refractivity (Wildman–Crippen MR) is 182 cm³/mol. The fourth-order valence-electron chi connectivity index (χ4n) is 4.89. The van der Waals surface area contributed by atoms with E-state index in [1.54, 1.807) is 10.9 Å². The van der Waals surface area contributed by atoms with E-state index in [-0.39, 0.29) is 5.91 Å². The number of nitrogens with one attached hydrogen (secondary N) is 1. The monoisotopic (exact) mass is 658 g/mol. The minimum absolute atomic E-state index is 0.342. The Bertz CT molecular complexity index is 1920. The number of fused-ring (bicyclic) bond motifs is 1. The molecule has 6 rings (SSSR count). The molecule has 224 valence electrons. The number of hydrogen-bond acceptors (Lipinski definition) is 5. The highest BCUT2D eigenvalue weighted by molar-refractivity contribution is 9.10. The molecule has 1 aromatic heterocycles. The molecule has 5 aromatic carbocycles. The number of halogens is 1. The molecule has 1 atom stereocenters. The molecule has 0 radical (unpaired) electrons. The van der Waals surface area contributed by atoms with Gasteiger partial charge in [0, 0.05) is 17.3 Å². The Morgan fingerprint density at radius 1 is 0.911 bits per heavy atom. The SMILES string of the molecule is CC[C@H](Oc1ccc2ccccc2c1Br)C(=O)N/N=C\c1cn(-c2ccccc2)nc1-c1ccc(OCc2ccccc2)cc1. The first-order valence-corrected chi connectivity index (χ1v) is 15.5. The molecular formula is C37H31BrN4O3. The van der Waals surface area contributed by atoms with Crippen LogP contribution in [0.15, 0.2) is 137 Å². The molecule has 1 N–H and O–H groups in total. The molecule has 0 bridgehead atoms. The van der Waals surface area contributed by atoms with E-state index in [1.807, 2.05) is 134 Å². The fourth-order valence-corrected chi connectivity index (χ4v) is 5.47. The molecule has 0 aliphatic heterocycles. The minimum atomic E-state index is -0.727. The van der Waals surface area contributed by atoms with Crippen molar-refractivity contribution in [2.45, 2.75) is 26.1 Å². The van der Waals surface area contributed by atoms with Gasteiger partial charge in [0.1, 0.15) is 23.8 Å². The topological polar surface area (TPSA) is 77.7 Å². The molecule has 1 amide bonds. The second-order valence-corrected chi connectivity index (χ2v) is 11.2. The molecule has 0 aliphatic carbocycles. The van der Waals surface area contributed by atoms with Crippen molar-refractivity contribution >= 4 is 38.8 Å². The Morgan fingerprint density at radius 3 is 2.38 bits per heavy atom. The second kappa shape index (κ2) is 14.1. The van der Waals surface area contributed by atoms with E-state index in [9.17, 15) is 4.79 Å². The summed E-state index contributed by atoms with van der Waals surface area (Å²) >= 11 is 3.64. The lowest BCUT2D eigenvalue weighted by molar-refractivity contribution is -0.128. The summed E-state index contributed by atoms with van der Waals surface area (Å²) in [5, 5.41) is 11.3. The van der Waals surface area contributed by atoms with E-state index >= 15 is 0 Å². The van der Waals surface area contributed by atoms with Crippen molar-refractivity contribution in [2.24, 2.45) is 5.10 Å². The summed E-state index contributed by atoms with van der Waals surface area (Å²) in [4.78, 5) is 13.1. The highest BCUT2D eigenvalue weighted by Gasteiger charge is 2.20. The van der Waals surface area contributed by atoms with E-state index in [0.29, 0.717) is 18.8 Å². The van der Waals surface area contributed by atoms with Gasteiger partial charge in [-0.1, -0.05) is 85.8 Å². The number of amides is 1. The summed E-state index contributed by atoms with van der Waals surface area (Å²) in [7, 11) is 0. The lowest BCUT2D eigenvalue weighted by Crippen LogP contribution is -2.35. The van der Waals surface area contributed by atoms with Gasteiger partial charge < -0.3 is 9.47 Å². The van der Waals surface area contributed by atoms with E-state index in [4.69, 9.17) is 14.6 Å². The predicted octanol–water partition coefficient (Wildman–Crippen LogP) is 8.34. The Balaban J connectivity index is 1.19. The average molecular weight is 660 g/mol. The van der Waals surface area contributed by atoms with Gasteiger partial charge in [-0.3, -0.25) is 4.79 Å². The highest BCUT2D eigenvalue weighted by Crippen LogP contribution is 2.34. The van der Waals surface area contributed by atoms with E-state index in [1.165, 1.54) is 0 Å². The van der Waals surface area contributed by atoms with Crippen molar-refractivity contribution in [2.75, 3.05) is 0 Å². The Hall–Kier alpha value is -5.21. The molecule has 1 heterocycles. The van der Waals surface area contributed by atoms with Crippen molar-refractivity contribution in [1.82, 2.24) is 15.2 Å². The lowest BCUT2D eigenvalue weighted by Gasteiger charge is -2.17. The van der Waals surface area contributed by atoms with Gasteiger partial charge in [0.05, 0.1) is 16.4 Å². The third kappa shape index (κ3) is 7.13. The van der Waals surface area contributed by atoms with Gasteiger partial charge >= 0.3 is 0 Å². The van der Waals surface area contributed by atoms with Crippen LogP contribution in [0.1, 0.15) is 24.5 Å². The first-order chi connectivity index (χ1) is 22.1. The number of benzene rings is 5. The van der Waals surface area contributed by atoms with Crippen LogP contribution in [0, 0.1) is 0 Å². The number of nitrogens with zero attached hydrogens (tertiary/aromatic N) is 3. The van der Waals surface area contributed by atoms with Crippen molar-refractivity contribution in [3.05, 3.63) is 143 Å². The molecule has 0 fully saturated rings. The maximum absolute atomic E-state index is 13.1. The number of carbonyl (C=O) groups is 1. The Kier molecular flexibility index (Phi) is 9.32. The smallest absolute Gasteiger partial charge is 0.281 e. The van der Waals surface area contributed by atoms with E-state index in [2.05, 4.69) is 26.5 Å². The van der Waals surface area contributed by atoms with Gasteiger partial charge in [-0.15, -0.1) is 0 Å². The van der Waals surface area contributed by atoms with Gasteiger partial charge in [0.25, 0.3) is 5.91 Å². The molecule has 0 unspecified atom stereocenters. The molecule has 8 heteroatoms. The van der Waals surface area contributed by atoms with Gasteiger partial charge in [0.15, 0.2) is 6.10 Å². The maximum Gasteiger partial charge on any atom is 0.281 e. The molecular weight excluding hydrogens is 628 g/mol. The van der Waals surface area contributed by atoms with Crippen LogP contribution >= 0.6 is 15.9 Å². The normalized spacial score (nSPS) is 11.9. The Morgan fingerprint density at radius 2 is 1.62 bits per heavy atom. The van der Waals surface area contributed by atoms with Crippen LogP contribution in [0.3, 0.4) is 0 Å². The molecule has 45 heavy (non-hydrogen) atoms. The minimum Gasteiger partial charge on any atom is -0.489 e. The number of rotatable bonds is 11. The number of hydrazone groups is 1. The zero-order chi connectivity index (χ0) is 31.0. The summed E-state index contributed by atoms with van der Waals surface area (Å²) in [6, 6.07) is 39.5. The van der Waals surface area contributed by atoms with Crippen molar-refractivity contribution in [3.63, 3.8) is 0 Å². The molecule has 0 saturated heterocycles. The fraction of sp³-hybridized carbons (Fsp3) is 0.108. The maximum atomic E-state index is 13.1. The van der Waals surface area contributed by atoms with Crippen molar-refractivity contribution in [3.8, 4) is 28.4 Å². The number of carbonyl (C=O) groups excluding carboxylic acids is 1. The van der Waals surface area contributed by atoms with Crippen LogP contribution < -0.4 is 14.9 Å². The van der Waals surface area contributed by atoms with Gasteiger partial charge in [0.2, 0.25) is 0 Å².